The van der Waals surface area contributed by atoms with Gasteiger partial charge in [0.1, 0.15) is 5.75 Å². The number of rotatable bonds is 7. The average molecular weight is 373 g/mol. The Morgan fingerprint density at radius 1 is 1.30 bits per heavy atom. The predicted octanol–water partition coefficient (Wildman–Crippen LogP) is 1.97. The Bertz CT molecular complexity index is 649. The van der Waals surface area contributed by atoms with Gasteiger partial charge in [0.05, 0.1) is 13.2 Å². The molecule has 0 aromatic heterocycles. The molecule has 0 bridgehead atoms. The number of carbonyl (C=O) groups is 2. The van der Waals surface area contributed by atoms with Gasteiger partial charge in [0.25, 0.3) is 0 Å². The molecule has 1 unspecified atom stereocenters. The molecule has 0 saturated carbocycles. The van der Waals surface area contributed by atoms with Crippen molar-refractivity contribution in [2.24, 2.45) is 0 Å². The van der Waals surface area contributed by atoms with E-state index in [4.69, 9.17) is 4.74 Å². The number of hydrogen-bond acceptors (Lipinski definition) is 4. The van der Waals surface area contributed by atoms with E-state index in [1.165, 1.54) is 5.56 Å². The second kappa shape index (κ2) is 9.74. The summed E-state index contributed by atoms with van der Waals surface area (Å²) < 4.78 is 5.75. The summed E-state index contributed by atoms with van der Waals surface area (Å²) in [6.45, 7) is 6.20. The number of amides is 2. The van der Waals surface area contributed by atoms with Gasteiger partial charge in [-0.05, 0) is 50.3 Å². The number of carbonyl (C=O) groups excluding carboxylic acids is 2. The van der Waals surface area contributed by atoms with Gasteiger partial charge in [-0.3, -0.25) is 9.59 Å². The third-order valence-electron chi connectivity index (χ3n) is 5.36. The zero-order valence-corrected chi connectivity index (χ0v) is 16.3. The van der Waals surface area contributed by atoms with Crippen LogP contribution in [0.4, 0.5) is 0 Å². The van der Waals surface area contributed by atoms with Crippen molar-refractivity contribution in [1.82, 2.24) is 15.1 Å². The summed E-state index contributed by atoms with van der Waals surface area (Å²) in [5.41, 5.74) is 1.19. The number of aryl methyl sites for hydroxylation is 1. The largest absolute Gasteiger partial charge is 0.494 e. The molecule has 2 heterocycles. The molecule has 0 radical (unpaired) electrons. The summed E-state index contributed by atoms with van der Waals surface area (Å²) in [6.07, 6.45) is 4.23. The minimum absolute atomic E-state index is 0.161. The minimum atomic E-state index is 0.161. The Labute approximate surface area is 161 Å². The average Bonchev–Trinajstić information content (AvgIpc) is 2.68. The Morgan fingerprint density at radius 2 is 2.19 bits per heavy atom. The highest BCUT2D eigenvalue weighted by atomic mass is 16.5. The first kappa shape index (κ1) is 19.7. The van der Waals surface area contributed by atoms with E-state index in [0.717, 1.165) is 51.1 Å². The number of piperidine rings is 1. The van der Waals surface area contributed by atoms with E-state index in [-0.39, 0.29) is 17.9 Å². The highest BCUT2D eigenvalue weighted by molar-refractivity contribution is 5.80. The fourth-order valence-electron chi connectivity index (χ4n) is 3.87. The van der Waals surface area contributed by atoms with Gasteiger partial charge < -0.3 is 19.9 Å². The smallest absolute Gasteiger partial charge is 0.236 e. The van der Waals surface area contributed by atoms with Crippen LogP contribution < -0.4 is 10.1 Å². The molecule has 148 valence electrons. The molecular weight excluding hydrogens is 342 g/mol. The fourth-order valence-corrected chi connectivity index (χ4v) is 3.87. The molecule has 1 N–H and O–H groups in total. The van der Waals surface area contributed by atoms with Crippen LogP contribution in [0.5, 0.6) is 5.75 Å². The van der Waals surface area contributed by atoms with Gasteiger partial charge in [-0.2, -0.15) is 0 Å². The maximum atomic E-state index is 12.6. The Hall–Kier alpha value is -2.08. The number of piperazine rings is 1. The minimum Gasteiger partial charge on any atom is -0.494 e. The summed E-state index contributed by atoms with van der Waals surface area (Å²) in [4.78, 5) is 28.6. The molecule has 2 saturated heterocycles. The second-order valence-corrected chi connectivity index (χ2v) is 7.52. The molecule has 6 heteroatoms. The van der Waals surface area contributed by atoms with Crippen molar-refractivity contribution in [3.05, 3.63) is 29.8 Å². The van der Waals surface area contributed by atoms with Gasteiger partial charge in [-0.1, -0.05) is 12.1 Å². The van der Waals surface area contributed by atoms with Crippen LogP contribution in [0.3, 0.4) is 0 Å². The van der Waals surface area contributed by atoms with E-state index < -0.39 is 0 Å². The number of ether oxygens (including phenoxy) is 1. The van der Waals surface area contributed by atoms with Crippen molar-refractivity contribution >= 4 is 11.8 Å². The zero-order chi connectivity index (χ0) is 19.1. The van der Waals surface area contributed by atoms with Crippen molar-refractivity contribution in [3.8, 4) is 5.75 Å². The van der Waals surface area contributed by atoms with Crippen molar-refractivity contribution in [1.29, 1.82) is 0 Å². The third-order valence-corrected chi connectivity index (χ3v) is 5.36. The van der Waals surface area contributed by atoms with Crippen LogP contribution in [0, 0.1) is 6.92 Å². The van der Waals surface area contributed by atoms with Gasteiger partial charge in [-0.15, -0.1) is 0 Å². The maximum absolute atomic E-state index is 12.6. The van der Waals surface area contributed by atoms with Crippen LogP contribution in [0.15, 0.2) is 24.3 Å². The SMILES string of the molecule is Cc1cccc(OCCCCC(=O)N2CCCC(N3CCNCC3=O)C2)c1. The van der Waals surface area contributed by atoms with E-state index in [0.29, 0.717) is 26.1 Å². The Balaban J connectivity index is 1.37. The van der Waals surface area contributed by atoms with E-state index in [2.05, 4.69) is 5.32 Å². The number of nitrogens with zero attached hydrogens (tertiary/aromatic N) is 2. The standard InChI is InChI=1S/C21H31N3O3/c1-17-6-4-8-19(14-17)27-13-3-2-9-20(25)23-11-5-7-18(16-23)24-12-10-22-15-21(24)26/h4,6,8,14,18,22H,2-3,5,7,9-13,15-16H2,1H3. The summed E-state index contributed by atoms with van der Waals surface area (Å²) in [7, 11) is 0. The van der Waals surface area contributed by atoms with Crippen molar-refractivity contribution in [2.45, 2.75) is 45.1 Å². The molecule has 2 fully saturated rings. The number of likely N-dealkylation sites (tertiary alicyclic amines) is 1. The third kappa shape index (κ3) is 5.70. The Morgan fingerprint density at radius 3 is 3.00 bits per heavy atom. The first-order chi connectivity index (χ1) is 13.1. The summed E-state index contributed by atoms with van der Waals surface area (Å²) in [6, 6.07) is 8.21. The molecule has 6 nitrogen and oxygen atoms in total. The van der Waals surface area contributed by atoms with Gasteiger partial charge in [0.2, 0.25) is 11.8 Å². The first-order valence-electron chi connectivity index (χ1n) is 10.1. The monoisotopic (exact) mass is 373 g/mol. The van der Waals surface area contributed by atoms with E-state index in [9.17, 15) is 9.59 Å². The molecular formula is C21H31N3O3. The van der Waals surface area contributed by atoms with Gasteiger partial charge in [0, 0.05) is 38.6 Å². The van der Waals surface area contributed by atoms with E-state index in [1.807, 2.05) is 41.0 Å². The number of hydrogen-bond donors (Lipinski definition) is 1. The van der Waals surface area contributed by atoms with E-state index in [1.54, 1.807) is 0 Å². The summed E-state index contributed by atoms with van der Waals surface area (Å²) in [5, 5.41) is 3.11. The van der Waals surface area contributed by atoms with Crippen LogP contribution in [-0.4, -0.2) is 67.0 Å². The molecule has 3 rings (SSSR count). The molecule has 1 aromatic carbocycles. The van der Waals surface area contributed by atoms with Crippen LogP contribution in [-0.2, 0) is 9.59 Å². The van der Waals surface area contributed by atoms with Crippen LogP contribution in [0.2, 0.25) is 0 Å². The molecule has 2 aliphatic rings. The topological polar surface area (TPSA) is 61.9 Å². The van der Waals surface area contributed by atoms with Gasteiger partial charge >= 0.3 is 0 Å². The molecule has 2 amide bonds. The molecule has 2 aliphatic heterocycles. The molecule has 27 heavy (non-hydrogen) atoms. The van der Waals surface area contributed by atoms with Crippen LogP contribution in [0.1, 0.15) is 37.7 Å². The lowest BCUT2D eigenvalue weighted by Crippen LogP contribution is -2.57. The molecule has 0 spiro atoms. The second-order valence-electron chi connectivity index (χ2n) is 7.52. The van der Waals surface area contributed by atoms with Crippen molar-refractivity contribution < 1.29 is 14.3 Å². The lowest BCUT2D eigenvalue weighted by atomic mass is 10.0. The molecule has 1 atom stereocenters. The molecule has 0 aliphatic carbocycles. The predicted molar refractivity (Wildman–Crippen MR) is 105 cm³/mol. The number of benzene rings is 1. The highest BCUT2D eigenvalue weighted by Crippen LogP contribution is 2.18. The van der Waals surface area contributed by atoms with Gasteiger partial charge in [-0.25, -0.2) is 0 Å². The molecule has 1 aromatic rings. The van der Waals surface area contributed by atoms with Gasteiger partial charge in [0.15, 0.2) is 0 Å². The first-order valence-corrected chi connectivity index (χ1v) is 10.1. The number of nitrogens with one attached hydrogen (secondary N) is 1. The maximum Gasteiger partial charge on any atom is 0.236 e. The summed E-state index contributed by atoms with van der Waals surface area (Å²) in [5.74, 6) is 1.26. The van der Waals surface area contributed by atoms with Crippen molar-refractivity contribution in [2.75, 3.05) is 39.3 Å². The zero-order valence-electron chi connectivity index (χ0n) is 16.3. The normalized spacial score (nSPS) is 20.6. The number of unbranched alkanes of at least 4 members (excludes halogenated alkanes) is 1. The van der Waals surface area contributed by atoms with Crippen molar-refractivity contribution in [3.63, 3.8) is 0 Å². The van der Waals surface area contributed by atoms with E-state index >= 15 is 0 Å². The highest BCUT2D eigenvalue weighted by Gasteiger charge is 2.31. The lowest BCUT2D eigenvalue weighted by Gasteiger charge is -2.41. The van der Waals surface area contributed by atoms with Crippen LogP contribution in [0.25, 0.3) is 0 Å². The van der Waals surface area contributed by atoms with Crippen LogP contribution >= 0.6 is 0 Å². The quantitative estimate of drug-likeness (QED) is 0.743. The lowest BCUT2D eigenvalue weighted by molar-refractivity contribution is -0.140. The fraction of sp³-hybridized carbons (Fsp3) is 0.619. The Kier molecular flexibility index (Phi) is 7.10. The summed E-state index contributed by atoms with van der Waals surface area (Å²) >= 11 is 0.